The molecule has 1 fully saturated rings. The molecule has 0 bridgehead atoms. The molecule has 15 nitrogen and oxygen atoms in total. The quantitative estimate of drug-likeness (QED) is 0.191. The van der Waals surface area contributed by atoms with Crippen molar-refractivity contribution in [2.24, 2.45) is 0 Å². The van der Waals surface area contributed by atoms with E-state index >= 15 is 0 Å². The predicted molar refractivity (Wildman–Crippen MR) is 95.3 cm³/mol. The van der Waals surface area contributed by atoms with Gasteiger partial charge in [-0.1, -0.05) is 0 Å². The first-order valence-electron chi connectivity index (χ1n) is 8.17. The molecule has 0 radical (unpaired) electrons. The van der Waals surface area contributed by atoms with Gasteiger partial charge >= 0.3 is 21.1 Å². The van der Waals surface area contributed by atoms with E-state index in [0.717, 1.165) is 0 Å². The fraction of sp³-hybridized carbons (Fsp3) is 0.692. The number of nitrogen functional groups attached to an aromatic ring is 1. The minimum Gasteiger partial charge on any atom is -0.394 e. The van der Waals surface area contributed by atoms with Gasteiger partial charge in [-0.25, -0.2) is 23.1 Å². The van der Waals surface area contributed by atoms with Gasteiger partial charge in [0.1, 0.15) is 36.3 Å². The molecule has 1 aliphatic rings. The van der Waals surface area contributed by atoms with E-state index in [4.69, 9.17) is 30.9 Å². The monoisotopic (exact) mass is 473 g/mol. The summed E-state index contributed by atoms with van der Waals surface area (Å²) in [5, 5.41) is 54.0. The molecule has 30 heavy (non-hydrogen) atoms. The SMILES string of the molecule is Nc1ccn(C[C@@H]2O[C@H](CO)[C@@H](O)[C@H]2O)c(=O)n1.O=P(=O)C(O)C(O)C(O)P(=O)=O. The van der Waals surface area contributed by atoms with Crippen molar-refractivity contribution in [1.82, 2.24) is 9.55 Å². The summed E-state index contributed by atoms with van der Waals surface area (Å²) in [5.41, 5.74) is 4.79. The van der Waals surface area contributed by atoms with Gasteiger partial charge in [0.05, 0.1) is 13.2 Å². The number of anilines is 1. The third-order valence-electron chi connectivity index (χ3n) is 3.96. The van der Waals surface area contributed by atoms with Crippen molar-refractivity contribution in [3.63, 3.8) is 0 Å². The van der Waals surface area contributed by atoms with Crippen LogP contribution < -0.4 is 11.4 Å². The van der Waals surface area contributed by atoms with Crippen LogP contribution in [-0.4, -0.2) is 89.0 Å². The Kier molecular flexibility index (Phi) is 10.1. The molecule has 1 aliphatic heterocycles. The lowest BCUT2D eigenvalue weighted by Crippen LogP contribution is -2.37. The second kappa shape index (κ2) is 11.6. The van der Waals surface area contributed by atoms with Crippen molar-refractivity contribution in [3.05, 3.63) is 22.7 Å². The zero-order chi connectivity index (χ0) is 23.2. The van der Waals surface area contributed by atoms with Gasteiger partial charge in [0.25, 0.3) is 0 Å². The molecule has 0 amide bonds. The number of hydrogen-bond donors (Lipinski definition) is 7. The lowest BCUT2D eigenvalue weighted by molar-refractivity contribution is -0.0269. The molecule has 0 aromatic carbocycles. The number of aliphatic hydroxyl groups is 6. The highest BCUT2D eigenvalue weighted by Crippen LogP contribution is 2.24. The van der Waals surface area contributed by atoms with E-state index in [0.29, 0.717) is 0 Å². The Morgan fingerprint density at radius 1 is 1.07 bits per heavy atom. The largest absolute Gasteiger partial charge is 0.394 e. The van der Waals surface area contributed by atoms with Gasteiger partial charge in [-0.05, 0) is 6.07 Å². The van der Waals surface area contributed by atoms with Gasteiger partial charge in [0.2, 0.25) is 0 Å². The lowest BCUT2D eigenvalue weighted by Gasteiger charge is -2.15. The van der Waals surface area contributed by atoms with Crippen LogP contribution in [0.25, 0.3) is 0 Å². The highest BCUT2D eigenvalue weighted by molar-refractivity contribution is 7.32. The highest BCUT2D eigenvalue weighted by Gasteiger charge is 2.42. The molecule has 2 unspecified atom stereocenters. The van der Waals surface area contributed by atoms with Crippen molar-refractivity contribution in [2.45, 2.75) is 48.8 Å². The Bertz CT molecular complexity index is 860. The molecule has 2 heterocycles. The smallest absolute Gasteiger partial charge is 0.349 e. The molecule has 17 heteroatoms. The summed E-state index contributed by atoms with van der Waals surface area (Å²) >= 11 is 0. The molecule has 8 N–H and O–H groups in total. The molecular weight excluding hydrogens is 452 g/mol. The van der Waals surface area contributed by atoms with Gasteiger partial charge in [-0.2, -0.15) is 4.98 Å². The second-order valence-corrected chi connectivity index (χ2v) is 8.25. The van der Waals surface area contributed by atoms with Crippen LogP contribution in [0.1, 0.15) is 0 Å². The van der Waals surface area contributed by atoms with Crippen molar-refractivity contribution < 1.29 is 53.6 Å². The zero-order valence-electron chi connectivity index (χ0n) is 15.1. The molecule has 6 atom stereocenters. The van der Waals surface area contributed by atoms with E-state index in [1.54, 1.807) is 0 Å². The maximum atomic E-state index is 11.5. The van der Waals surface area contributed by atoms with Crippen LogP contribution in [0.15, 0.2) is 17.1 Å². The number of nitrogens with two attached hydrogens (primary N) is 1. The van der Waals surface area contributed by atoms with Crippen LogP contribution in [0.5, 0.6) is 0 Å². The lowest BCUT2D eigenvalue weighted by atomic mass is 10.1. The fourth-order valence-corrected chi connectivity index (χ4v) is 3.27. The first kappa shape index (κ1) is 26.2. The Morgan fingerprint density at radius 3 is 1.97 bits per heavy atom. The van der Waals surface area contributed by atoms with Crippen LogP contribution in [0.4, 0.5) is 5.82 Å². The number of aromatic nitrogens is 2. The Labute approximate surface area is 169 Å². The number of rotatable bonds is 7. The van der Waals surface area contributed by atoms with Crippen LogP contribution >= 0.6 is 15.4 Å². The molecule has 0 aliphatic carbocycles. The summed E-state index contributed by atoms with van der Waals surface area (Å²) < 4.78 is 46.4. The minimum absolute atomic E-state index is 0.0286. The average molecular weight is 473 g/mol. The van der Waals surface area contributed by atoms with Gasteiger partial charge in [0.15, 0.2) is 11.7 Å². The van der Waals surface area contributed by atoms with E-state index in [2.05, 4.69) is 4.98 Å². The summed E-state index contributed by atoms with van der Waals surface area (Å²) in [5.74, 6) is -4.44. The minimum atomic E-state index is -3.38. The molecule has 170 valence electrons. The van der Waals surface area contributed by atoms with Gasteiger partial charge in [-0.15, -0.1) is 0 Å². The van der Waals surface area contributed by atoms with Gasteiger partial charge in [0, 0.05) is 6.20 Å². The maximum Gasteiger partial charge on any atom is 0.349 e. The van der Waals surface area contributed by atoms with E-state index < -0.39 is 69.9 Å². The Balaban J connectivity index is 0.000000329. The molecule has 0 spiro atoms. The zero-order valence-corrected chi connectivity index (χ0v) is 16.9. The number of hydrogen-bond acceptors (Lipinski definition) is 14. The highest BCUT2D eigenvalue weighted by atomic mass is 31.1. The Morgan fingerprint density at radius 2 is 1.57 bits per heavy atom. The van der Waals surface area contributed by atoms with Crippen LogP contribution in [0.3, 0.4) is 0 Å². The summed E-state index contributed by atoms with van der Waals surface area (Å²) in [7, 11) is -6.76. The third-order valence-corrected chi connectivity index (χ3v) is 5.43. The first-order valence-corrected chi connectivity index (χ1v) is 10.7. The molecule has 1 aromatic heterocycles. The van der Waals surface area contributed by atoms with Crippen molar-refractivity contribution >= 4 is 21.2 Å². The molecule has 1 aromatic rings. The van der Waals surface area contributed by atoms with Crippen LogP contribution in [0, 0.1) is 0 Å². The van der Waals surface area contributed by atoms with Crippen molar-refractivity contribution in [3.8, 4) is 0 Å². The summed E-state index contributed by atoms with van der Waals surface area (Å²) in [6.07, 6.45) is -4.75. The predicted octanol–water partition coefficient (Wildman–Crippen LogP) is -3.36. The number of ether oxygens (including phenoxy) is 1. The maximum absolute atomic E-state index is 11.5. The molecular formula is C13H21N3O12P2. The standard InChI is InChI=1S/C10H15N3O5.C3H6O7P2/c11-7-1-2-13(10(17)12-7)3-5-8(15)9(16)6(4-14)18-5;4-1(2(5)11(7)8)3(6)12(9)10/h1-2,5-6,8-9,14-16H,3-4H2,(H2,11,12,17);1-6H/t5-,6+,8-,9+;/m0./s1. The fourth-order valence-electron chi connectivity index (χ4n) is 2.31. The number of nitrogens with zero attached hydrogens (tertiary/aromatic N) is 2. The molecule has 2 rings (SSSR count). The average Bonchev–Trinajstić information content (AvgIpc) is 2.96. The first-order chi connectivity index (χ1) is 13.9. The van der Waals surface area contributed by atoms with Crippen molar-refractivity contribution in [2.75, 3.05) is 12.3 Å². The van der Waals surface area contributed by atoms with E-state index in [1.807, 2.05) is 0 Å². The van der Waals surface area contributed by atoms with E-state index in [-0.39, 0.29) is 12.4 Å². The van der Waals surface area contributed by atoms with E-state index in [1.165, 1.54) is 16.8 Å². The van der Waals surface area contributed by atoms with Crippen LogP contribution in [-0.2, 0) is 29.5 Å². The topological polar surface area (TPSA) is 260 Å². The third kappa shape index (κ3) is 6.87. The molecule has 1 saturated heterocycles. The van der Waals surface area contributed by atoms with Crippen molar-refractivity contribution in [1.29, 1.82) is 0 Å². The summed E-state index contributed by atoms with van der Waals surface area (Å²) in [6.45, 7) is -0.371. The summed E-state index contributed by atoms with van der Waals surface area (Å²) in [6, 6.07) is 1.45. The summed E-state index contributed by atoms with van der Waals surface area (Å²) in [4.78, 5) is 15.0. The molecule has 0 saturated carbocycles. The van der Waals surface area contributed by atoms with E-state index in [9.17, 15) is 33.3 Å². The number of aliphatic hydroxyl groups excluding tert-OH is 6. The normalized spacial score (nSPS) is 26.2. The van der Waals surface area contributed by atoms with Gasteiger partial charge in [-0.3, -0.25) is 4.57 Å². The second-order valence-electron chi connectivity index (χ2n) is 6.05. The van der Waals surface area contributed by atoms with Crippen LogP contribution in [0.2, 0.25) is 0 Å². The Hall–Kier alpha value is -1.80. The van der Waals surface area contributed by atoms with Gasteiger partial charge < -0.3 is 41.1 Å².